The summed E-state index contributed by atoms with van der Waals surface area (Å²) in [6, 6.07) is 12.9. The van der Waals surface area contributed by atoms with Gasteiger partial charge in [-0.25, -0.2) is 17.8 Å². The smallest absolute Gasteiger partial charge is 0.243 e. The Morgan fingerprint density at radius 1 is 1.09 bits per heavy atom. The number of anilines is 4. The molecule has 1 aliphatic rings. The van der Waals surface area contributed by atoms with Gasteiger partial charge in [-0.15, -0.1) is 0 Å². The first-order chi connectivity index (χ1) is 15.8. The number of rotatable bonds is 7. The minimum Gasteiger partial charge on any atom is -0.340 e. The number of hydrogen-bond donors (Lipinski definition) is 3. The van der Waals surface area contributed by atoms with Gasteiger partial charge in [-0.05, 0) is 80.4 Å². The molecule has 10 heteroatoms. The fraction of sp³-hybridized carbons (Fsp3) is 0.304. The molecule has 0 spiro atoms. The zero-order valence-electron chi connectivity index (χ0n) is 18.5. The molecule has 1 saturated heterocycles. The van der Waals surface area contributed by atoms with Crippen LogP contribution in [0.3, 0.4) is 0 Å². The van der Waals surface area contributed by atoms with Gasteiger partial charge in [0, 0.05) is 37.2 Å². The van der Waals surface area contributed by atoms with Crippen molar-refractivity contribution in [1.82, 2.24) is 19.6 Å². The Labute approximate surface area is 193 Å². The van der Waals surface area contributed by atoms with E-state index >= 15 is 0 Å². The molecule has 0 bridgehead atoms. The topological polar surface area (TPSA) is 99.2 Å². The normalized spacial score (nSPS) is 16.5. The van der Waals surface area contributed by atoms with Crippen molar-refractivity contribution in [3.8, 4) is 0 Å². The molecule has 3 N–H and O–H groups in total. The standard InChI is InChI=1S/C23H27FN6O2S/c1-16-14-18(7-10-21(16)24)27-22-11-13-26-23(29-22)28-17-5-8-20(9-6-17)33(31,32)30(2)19-4-3-12-25-15-19/h5-11,13-14,19,25H,3-4,12,15H2,1-2H3,(H2,26,27,28,29). The van der Waals surface area contributed by atoms with Gasteiger partial charge in [0.15, 0.2) is 0 Å². The Morgan fingerprint density at radius 2 is 1.85 bits per heavy atom. The van der Waals surface area contributed by atoms with Crippen LogP contribution in [-0.4, -0.2) is 48.9 Å². The first-order valence-electron chi connectivity index (χ1n) is 10.7. The Kier molecular flexibility index (Phi) is 6.87. The van der Waals surface area contributed by atoms with Crippen molar-refractivity contribution < 1.29 is 12.8 Å². The minimum absolute atomic E-state index is 0.0462. The molecule has 4 rings (SSSR count). The van der Waals surface area contributed by atoms with Crippen LogP contribution in [0.1, 0.15) is 18.4 Å². The van der Waals surface area contributed by atoms with Crippen molar-refractivity contribution >= 4 is 33.2 Å². The van der Waals surface area contributed by atoms with Crippen molar-refractivity contribution in [2.75, 3.05) is 30.8 Å². The highest BCUT2D eigenvalue weighted by atomic mass is 32.2. The Balaban J connectivity index is 1.44. The molecule has 1 unspecified atom stereocenters. The maximum Gasteiger partial charge on any atom is 0.243 e. The molecule has 2 heterocycles. The van der Waals surface area contributed by atoms with Crippen molar-refractivity contribution in [3.05, 3.63) is 66.1 Å². The second kappa shape index (κ2) is 9.82. The van der Waals surface area contributed by atoms with Gasteiger partial charge in [0.1, 0.15) is 11.6 Å². The highest BCUT2D eigenvalue weighted by Crippen LogP contribution is 2.23. The fourth-order valence-electron chi connectivity index (χ4n) is 3.70. The first kappa shape index (κ1) is 23.1. The van der Waals surface area contributed by atoms with Crippen LogP contribution in [0, 0.1) is 12.7 Å². The van der Waals surface area contributed by atoms with E-state index in [4.69, 9.17) is 0 Å². The average Bonchev–Trinajstić information content (AvgIpc) is 2.82. The molecule has 1 aliphatic heterocycles. The summed E-state index contributed by atoms with van der Waals surface area (Å²) in [6.07, 6.45) is 3.41. The molecule has 0 amide bonds. The van der Waals surface area contributed by atoms with Crippen LogP contribution in [0.5, 0.6) is 0 Å². The quantitative estimate of drug-likeness (QED) is 0.483. The molecule has 0 saturated carbocycles. The second-order valence-corrected chi connectivity index (χ2v) is 10.0. The number of piperidine rings is 1. The molecular formula is C23H27FN6O2S. The van der Waals surface area contributed by atoms with Gasteiger partial charge in [-0.2, -0.15) is 9.29 Å². The zero-order valence-corrected chi connectivity index (χ0v) is 19.4. The number of hydrogen-bond acceptors (Lipinski definition) is 7. The molecule has 0 radical (unpaired) electrons. The lowest BCUT2D eigenvalue weighted by Gasteiger charge is -2.30. The van der Waals surface area contributed by atoms with E-state index in [0.717, 1.165) is 19.4 Å². The highest BCUT2D eigenvalue weighted by Gasteiger charge is 2.28. The third kappa shape index (κ3) is 5.47. The lowest BCUT2D eigenvalue weighted by Crippen LogP contribution is -2.46. The van der Waals surface area contributed by atoms with E-state index in [1.54, 1.807) is 62.6 Å². The Morgan fingerprint density at radius 3 is 2.55 bits per heavy atom. The van der Waals surface area contributed by atoms with Gasteiger partial charge in [0.25, 0.3) is 0 Å². The number of halogens is 1. The lowest BCUT2D eigenvalue weighted by molar-refractivity contribution is 0.300. The number of nitrogens with zero attached hydrogens (tertiary/aromatic N) is 3. The highest BCUT2D eigenvalue weighted by molar-refractivity contribution is 7.89. The third-order valence-corrected chi connectivity index (χ3v) is 7.58. The van der Waals surface area contributed by atoms with Gasteiger partial charge in [0.05, 0.1) is 4.90 Å². The Hall–Kier alpha value is -3.08. The average molecular weight is 471 g/mol. The van der Waals surface area contributed by atoms with Gasteiger partial charge in [0.2, 0.25) is 16.0 Å². The van der Waals surface area contributed by atoms with Crippen LogP contribution in [-0.2, 0) is 10.0 Å². The number of benzene rings is 2. The van der Waals surface area contributed by atoms with Crippen molar-refractivity contribution in [3.63, 3.8) is 0 Å². The second-order valence-electron chi connectivity index (χ2n) is 8.03. The monoisotopic (exact) mass is 470 g/mol. The summed E-state index contributed by atoms with van der Waals surface area (Å²) in [5, 5.41) is 9.45. The Bertz CT molecular complexity index is 1210. The van der Waals surface area contributed by atoms with Crippen LogP contribution in [0.2, 0.25) is 0 Å². The summed E-state index contributed by atoms with van der Waals surface area (Å²) in [7, 11) is -1.95. The lowest BCUT2D eigenvalue weighted by atomic mass is 10.1. The van der Waals surface area contributed by atoms with E-state index in [2.05, 4.69) is 25.9 Å². The number of likely N-dealkylation sites (N-methyl/N-ethyl adjacent to an activating group) is 1. The molecular weight excluding hydrogens is 443 g/mol. The van der Waals surface area contributed by atoms with E-state index in [1.807, 2.05) is 0 Å². The van der Waals surface area contributed by atoms with Crippen LogP contribution >= 0.6 is 0 Å². The molecule has 3 aromatic rings. The van der Waals surface area contributed by atoms with Crippen LogP contribution in [0.15, 0.2) is 59.6 Å². The molecule has 33 heavy (non-hydrogen) atoms. The van der Waals surface area contributed by atoms with Gasteiger partial charge in [-0.3, -0.25) is 0 Å². The summed E-state index contributed by atoms with van der Waals surface area (Å²) in [4.78, 5) is 8.87. The molecule has 1 atom stereocenters. The summed E-state index contributed by atoms with van der Waals surface area (Å²) in [5.74, 6) is 0.623. The fourth-order valence-corrected chi connectivity index (χ4v) is 5.09. The van der Waals surface area contributed by atoms with Crippen LogP contribution < -0.4 is 16.0 Å². The van der Waals surface area contributed by atoms with Crippen LogP contribution in [0.4, 0.5) is 27.5 Å². The number of aromatic nitrogens is 2. The maximum absolute atomic E-state index is 13.5. The molecule has 0 aliphatic carbocycles. The summed E-state index contributed by atoms with van der Waals surface area (Å²) in [6.45, 7) is 3.28. The van der Waals surface area contributed by atoms with Crippen molar-refractivity contribution in [2.45, 2.75) is 30.7 Å². The molecule has 174 valence electrons. The van der Waals surface area contributed by atoms with Crippen LogP contribution in [0.25, 0.3) is 0 Å². The minimum atomic E-state index is -3.58. The molecule has 1 aromatic heterocycles. The first-order valence-corrected chi connectivity index (χ1v) is 12.2. The van der Waals surface area contributed by atoms with E-state index in [1.165, 1.54) is 10.4 Å². The number of sulfonamides is 1. The molecule has 2 aromatic carbocycles. The summed E-state index contributed by atoms with van der Waals surface area (Å²) >= 11 is 0. The van der Waals surface area contributed by atoms with E-state index in [9.17, 15) is 12.8 Å². The van der Waals surface area contributed by atoms with E-state index in [-0.39, 0.29) is 16.8 Å². The summed E-state index contributed by atoms with van der Waals surface area (Å²) < 4.78 is 40.9. The maximum atomic E-state index is 13.5. The van der Waals surface area contributed by atoms with Gasteiger partial charge < -0.3 is 16.0 Å². The number of aryl methyl sites for hydroxylation is 1. The van der Waals surface area contributed by atoms with Crippen molar-refractivity contribution in [2.24, 2.45) is 0 Å². The molecule has 1 fully saturated rings. The third-order valence-electron chi connectivity index (χ3n) is 5.66. The zero-order chi connectivity index (χ0) is 23.4. The largest absolute Gasteiger partial charge is 0.340 e. The summed E-state index contributed by atoms with van der Waals surface area (Å²) in [5.41, 5.74) is 1.91. The molecule has 8 nitrogen and oxygen atoms in total. The van der Waals surface area contributed by atoms with Gasteiger partial charge in [-0.1, -0.05) is 0 Å². The van der Waals surface area contributed by atoms with Crippen molar-refractivity contribution in [1.29, 1.82) is 0 Å². The van der Waals surface area contributed by atoms with E-state index in [0.29, 0.717) is 35.2 Å². The SMILES string of the molecule is Cc1cc(Nc2ccnc(Nc3ccc(S(=O)(=O)N(C)C4CCCNC4)cc3)n2)ccc1F. The predicted octanol–water partition coefficient (Wildman–Crippen LogP) is 3.78. The predicted molar refractivity (Wildman–Crippen MR) is 127 cm³/mol. The van der Waals surface area contributed by atoms with E-state index < -0.39 is 10.0 Å². The number of nitrogens with one attached hydrogen (secondary N) is 3. The van der Waals surface area contributed by atoms with Gasteiger partial charge >= 0.3 is 0 Å².